The summed E-state index contributed by atoms with van der Waals surface area (Å²) in [4.78, 5) is 17.1. The van der Waals surface area contributed by atoms with E-state index in [0.29, 0.717) is 17.1 Å². The van der Waals surface area contributed by atoms with Crippen molar-refractivity contribution >= 4 is 17.9 Å². The highest BCUT2D eigenvalue weighted by Crippen LogP contribution is 2.31. The molecule has 4 aromatic rings. The maximum absolute atomic E-state index is 12.7. The van der Waals surface area contributed by atoms with E-state index in [1.807, 2.05) is 66.9 Å². The summed E-state index contributed by atoms with van der Waals surface area (Å²) in [6, 6.07) is 24.8. The number of rotatable bonds is 6. The van der Waals surface area contributed by atoms with Crippen LogP contribution >= 0.6 is 0 Å². The molecule has 7 heteroatoms. The lowest BCUT2D eigenvalue weighted by atomic mass is 10.1. The van der Waals surface area contributed by atoms with E-state index >= 15 is 0 Å². The third kappa shape index (κ3) is 4.06. The fraction of sp³-hybridized carbons (Fsp3) is 0.0741. The fourth-order valence-corrected chi connectivity index (χ4v) is 3.68. The number of methoxy groups -OCH3 is 2. The zero-order chi connectivity index (χ0) is 23.5. The van der Waals surface area contributed by atoms with E-state index < -0.39 is 5.97 Å². The van der Waals surface area contributed by atoms with Gasteiger partial charge in [0, 0.05) is 22.9 Å². The molecule has 3 aromatic carbocycles. The molecule has 1 aromatic heterocycles. The van der Waals surface area contributed by atoms with Crippen LogP contribution in [0.15, 0.2) is 95.7 Å². The number of cyclic esters (lactones) is 1. The quantitative estimate of drug-likeness (QED) is 0.308. The van der Waals surface area contributed by atoms with Crippen molar-refractivity contribution in [1.82, 2.24) is 9.78 Å². The van der Waals surface area contributed by atoms with E-state index in [2.05, 4.69) is 4.99 Å². The van der Waals surface area contributed by atoms with Gasteiger partial charge >= 0.3 is 5.97 Å². The maximum Gasteiger partial charge on any atom is 0.363 e. The Balaban J connectivity index is 1.57. The van der Waals surface area contributed by atoms with Crippen molar-refractivity contribution in [2.24, 2.45) is 4.99 Å². The van der Waals surface area contributed by atoms with Gasteiger partial charge in [-0.1, -0.05) is 48.5 Å². The molecule has 2 heterocycles. The Morgan fingerprint density at radius 2 is 1.56 bits per heavy atom. The number of para-hydroxylation sites is 1. The van der Waals surface area contributed by atoms with Crippen molar-refractivity contribution in [2.45, 2.75) is 0 Å². The van der Waals surface area contributed by atoms with Crippen LogP contribution in [-0.2, 0) is 9.53 Å². The van der Waals surface area contributed by atoms with E-state index in [-0.39, 0.29) is 11.6 Å². The van der Waals surface area contributed by atoms with Gasteiger partial charge in [0.05, 0.1) is 19.9 Å². The van der Waals surface area contributed by atoms with Crippen LogP contribution < -0.4 is 9.47 Å². The number of hydrogen-bond donors (Lipinski definition) is 0. The first-order valence-electron chi connectivity index (χ1n) is 10.6. The smallest absolute Gasteiger partial charge is 0.363 e. The van der Waals surface area contributed by atoms with Crippen molar-refractivity contribution in [3.63, 3.8) is 0 Å². The predicted molar refractivity (Wildman–Crippen MR) is 129 cm³/mol. The summed E-state index contributed by atoms with van der Waals surface area (Å²) in [6.45, 7) is 0. The molecule has 5 rings (SSSR count). The largest absolute Gasteiger partial charge is 0.493 e. The number of ether oxygens (including phenoxy) is 3. The van der Waals surface area contributed by atoms with E-state index in [1.165, 1.54) is 0 Å². The van der Waals surface area contributed by atoms with Crippen LogP contribution in [0.2, 0.25) is 0 Å². The third-order valence-corrected chi connectivity index (χ3v) is 5.35. The number of esters is 1. The molecule has 0 spiro atoms. The molecule has 34 heavy (non-hydrogen) atoms. The second-order valence-corrected chi connectivity index (χ2v) is 7.49. The topological polar surface area (TPSA) is 74.9 Å². The van der Waals surface area contributed by atoms with Crippen LogP contribution in [-0.4, -0.2) is 35.9 Å². The van der Waals surface area contributed by atoms with E-state index in [4.69, 9.17) is 19.3 Å². The minimum atomic E-state index is -0.531. The summed E-state index contributed by atoms with van der Waals surface area (Å²) in [5, 5.41) is 4.78. The Morgan fingerprint density at radius 3 is 2.26 bits per heavy atom. The van der Waals surface area contributed by atoms with Gasteiger partial charge in [-0.05, 0) is 36.4 Å². The monoisotopic (exact) mass is 451 g/mol. The van der Waals surface area contributed by atoms with Crippen molar-refractivity contribution in [3.8, 4) is 28.4 Å². The summed E-state index contributed by atoms with van der Waals surface area (Å²) < 4.78 is 17.9. The molecular weight excluding hydrogens is 430 g/mol. The number of carbonyl (C=O) groups excluding carboxylic acids is 1. The molecule has 0 saturated carbocycles. The number of nitrogens with zero attached hydrogens (tertiary/aromatic N) is 3. The summed E-state index contributed by atoms with van der Waals surface area (Å²) in [5.41, 5.74) is 4.12. The Labute approximate surface area is 196 Å². The minimum Gasteiger partial charge on any atom is -0.493 e. The minimum absolute atomic E-state index is 0.189. The van der Waals surface area contributed by atoms with Gasteiger partial charge in [0.1, 0.15) is 5.69 Å². The molecule has 0 amide bonds. The standard InChI is InChI=1S/C27H21N3O4/c1-32-23-14-13-19(16-24(23)33-2)26-28-22(27(31)34-26)15-20-17-30(21-11-7-4-8-12-21)29-25(20)18-9-5-3-6-10-18/h3-17H,1-2H3. The Kier molecular flexibility index (Phi) is 5.66. The van der Waals surface area contributed by atoms with Gasteiger partial charge in [-0.15, -0.1) is 0 Å². The average Bonchev–Trinajstić information content (AvgIpc) is 3.48. The van der Waals surface area contributed by atoms with Crippen LogP contribution in [0, 0.1) is 0 Å². The number of aromatic nitrogens is 2. The van der Waals surface area contributed by atoms with Crippen LogP contribution in [0.1, 0.15) is 11.1 Å². The number of hydrogen-bond acceptors (Lipinski definition) is 6. The highest BCUT2D eigenvalue weighted by atomic mass is 16.6. The molecule has 0 aliphatic carbocycles. The molecule has 0 bridgehead atoms. The molecule has 7 nitrogen and oxygen atoms in total. The highest BCUT2D eigenvalue weighted by Gasteiger charge is 2.26. The number of carbonyl (C=O) groups is 1. The molecule has 0 N–H and O–H groups in total. The lowest BCUT2D eigenvalue weighted by molar-refractivity contribution is -0.129. The normalized spacial score (nSPS) is 14.1. The molecule has 0 fully saturated rings. The van der Waals surface area contributed by atoms with Gasteiger partial charge in [-0.25, -0.2) is 14.5 Å². The lowest BCUT2D eigenvalue weighted by Crippen LogP contribution is -2.06. The molecule has 1 aliphatic rings. The second-order valence-electron chi connectivity index (χ2n) is 7.49. The van der Waals surface area contributed by atoms with E-state index in [1.54, 1.807) is 43.2 Å². The molecule has 0 saturated heterocycles. The highest BCUT2D eigenvalue weighted by molar-refractivity contribution is 6.13. The summed E-state index contributed by atoms with van der Waals surface area (Å²) in [7, 11) is 3.11. The second kappa shape index (κ2) is 9.07. The SMILES string of the molecule is COc1ccc(C2=NC(=Cc3cn(-c4ccccc4)nc3-c3ccccc3)C(=O)O2)cc1OC. The van der Waals surface area contributed by atoms with Crippen LogP contribution in [0.5, 0.6) is 11.5 Å². The van der Waals surface area contributed by atoms with Crippen molar-refractivity contribution in [3.05, 3.63) is 102 Å². The summed E-state index contributed by atoms with van der Waals surface area (Å²) >= 11 is 0. The van der Waals surface area contributed by atoms with Crippen molar-refractivity contribution in [2.75, 3.05) is 14.2 Å². The van der Waals surface area contributed by atoms with Gasteiger partial charge in [-0.3, -0.25) is 0 Å². The third-order valence-electron chi connectivity index (χ3n) is 5.35. The summed E-state index contributed by atoms with van der Waals surface area (Å²) in [5.74, 6) is 0.768. The molecule has 0 unspecified atom stereocenters. The molecule has 1 aliphatic heterocycles. The van der Waals surface area contributed by atoms with Gasteiger partial charge < -0.3 is 14.2 Å². The number of aliphatic imine (C=N–C) groups is 1. The van der Waals surface area contributed by atoms with Crippen molar-refractivity contribution < 1.29 is 19.0 Å². The molecule has 0 radical (unpaired) electrons. The maximum atomic E-state index is 12.7. The van der Waals surface area contributed by atoms with Crippen LogP contribution in [0.4, 0.5) is 0 Å². The van der Waals surface area contributed by atoms with Gasteiger partial charge in [0.15, 0.2) is 17.2 Å². The summed E-state index contributed by atoms with van der Waals surface area (Å²) in [6.07, 6.45) is 3.58. The first-order valence-corrected chi connectivity index (χ1v) is 10.6. The van der Waals surface area contributed by atoms with Gasteiger partial charge in [0.25, 0.3) is 0 Å². The first-order chi connectivity index (χ1) is 16.7. The molecular formula is C27H21N3O4. The predicted octanol–water partition coefficient (Wildman–Crippen LogP) is 4.90. The lowest BCUT2D eigenvalue weighted by Gasteiger charge is -2.08. The first kappa shape index (κ1) is 21.2. The zero-order valence-corrected chi connectivity index (χ0v) is 18.6. The average molecular weight is 451 g/mol. The number of benzene rings is 3. The Hall–Kier alpha value is -4.65. The Bertz CT molecular complexity index is 1410. The fourth-order valence-electron chi connectivity index (χ4n) is 3.68. The van der Waals surface area contributed by atoms with E-state index in [9.17, 15) is 4.79 Å². The Morgan fingerprint density at radius 1 is 0.853 bits per heavy atom. The molecule has 0 atom stereocenters. The molecule has 168 valence electrons. The van der Waals surface area contributed by atoms with Crippen LogP contribution in [0.3, 0.4) is 0 Å². The van der Waals surface area contributed by atoms with Crippen LogP contribution in [0.25, 0.3) is 23.0 Å². The van der Waals surface area contributed by atoms with Crippen molar-refractivity contribution in [1.29, 1.82) is 0 Å². The zero-order valence-electron chi connectivity index (χ0n) is 18.6. The van der Waals surface area contributed by atoms with Gasteiger partial charge in [-0.2, -0.15) is 5.10 Å². The van der Waals surface area contributed by atoms with E-state index in [0.717, 1.165) is 22.5 Å². The van der Waals surface area contributed by atoms with Gasteiger partial charge in [0.2, 0.25) is 5.90 Å².